The van der Waals surface area contributed by atoms with Crippen molar-refractivity contribution in [1.82, 2.24) is 14.7 Å². The van der Waals surface area contributed by atoms with Crippen molar-refractivity contribution in [2.75, 3.05) is 39.8 Å². The Hall–Kier alpha value is -2.59. The molecule has 1 aromatic carbocycles. The summed E-state index contributed by atoms with van der Waals surface area (Å²) in [5.74, 6) is -0.520. The van der Waals surface area contributed by atoms with Crippen LogP contribution < -0.4 is 4.74 Å². The Kier molecular flexibility index (Phi) is 6.99. The minimum Gasteiger partial charge on any atom is -0.406 e. The number of hydrogen-bond donors (Lipinski definition) is 0. The molecule has 3 rings (SSSR count). The van der Waals surface area contributed by atoms with Crippen LogP contribution in [0.3, 0.4) is 0 Å². The van der Waals surface area contributed by atoms with E-state index in [1.54, 1.807) is 36.2 Å². The van der Waals surface area contributed by atoms with Crippen molar-refractivity contribution >= 4 is 23.2 Å². The Morgan fingerprint density at radius 3 is 2.33 bits per heavy atom. The van der Waals surface area contributed by atoms with E-state index in [2.05, 4.69) is 9.64 Å². The summed E-state index contributed by atoms with van der Waals surface area (Å²) >= 11 is 1.34. The summed E-state index contributed by atoms with van der Waals surface area (Å²) in [6.45, 7) is 2.97. The summed E-state index contributed by atoms with van der Waals surface area (Å²) in [5.41, 5.74) is 0.866. The number of halogens is 3. The van der Waals surface area contributed by atoms with Crippen molar-refractivity contribution in [2.45, 2.75) is 12.9 Å². The minimum absolute atomic E-state index is 0.0252. The summed E-state index contributed by atoms with van der Waals surface area (Å²) in [4.78, 5) is 30.7. The second kappa shape index (κ2) is 9.48. The number of alkyl halides is 3. The maximum Gasteiger partial charge on any atom is 0.573 e. The lowest BCUT2D eigenvalue weighted by atomic mass is 10.2. The molecule has 6 nitrogen and oxygen atoms in total. The van der Waals surface area contributed by atoms with Gasteiger partial charge in [0.1, 0.15) is 5.75 Å². The molecule has 2 amide bonds. The number of benzene rings is 1. The molecule has 0 saturated carbocycles. The van der Waals surface area contributed by atoms with E-state index in [4.69, 9.17) is 0 Å². The van der Waals surface area contributed by atoms with Gasteiger partial charge in [-0.3, -0.25) is 14.5 Å². The quantitative estimate of drug-likeness (QED) is 0.692. The predicted molar refractivity (Wildman–Crippen MR) is 106 cm³/mol. The lowest BCUT2D eigenvalue weighted by Gasteiger charge is -2.35. The van der Waals surface area contributed by atoms with Crippen LogP contribution in [0.2, 0.25) is 0 Å². The smallest absolute Gasteiger partial charge is 0.406 e. The number of piperazine rings is 1. The van der Waals surface area contributed by atoms with Crippen LogP contribution >= 0.6 is 11.3 Å². The summed E-state index contributed by atoms with van der Waals surface area (Å²) in [7, 11) is 1.61. The van der Waals surface area contributed by atoms with Gasteiger partial charge in [0, 0.05) is 39.8 Å². The zero-order valence-electron chi connectivity index (χ0n) is 16.4. The fourth-order valence-corrected chi connectivity index (χ4v) is 3.89. The van der Waals surface area contributed by atoms with Gasteiger partial charge in [-0.2, -0.15) is 0 Å². The number of ether oxygens (including phenoxy) is 1. The van der Waals surface area contributed by atoms with Gasteiger partial charge in [-0.1, -0.05) is 18.2 Å². The maximum absolute atomic E-state index is 12.5. The first-order chi connectivity index (χ1) is 14.2. The number of rotatable bonds is 6. The molecule has 1 aromatic heterocycles. The Morgan fingerprint density at radius 1 is 1.10 bits per heavy atom. The molecule has 0 N–H and O–H groups in total. The van der Waals surface area contributed by atoms with Gasteiger partial charge in [-0.05, 0) is 29.1 Å². The molecule has 162 valence electrons. The van der Waals surface area contributed by atoms with E-state index in [1.165, 1.54) is 28.4 Å². The van der Waals surface area contributed by atoms with Crippen LogP contribution in [0, 0.1) is 0 Å². The Labute approximate surface area is 176 Å². The standard InChI is InChI=1S/C20H22F3N3O3S/c1-24(19(28)17-3-2-12-30-17)14-18(27)26-10-8-25(9-11-26)13-15-4-6-16(7-5-15)29-20(21,22)23/h2-7,12H,8-11,13-14H2,1H3. The molecule has 1 fully saturated rings. The first kappa shape index (κ1) is 22.1. The Bertz CT molecular complexity index is 848. The molecule has 1 aliphatic rings. The molecule has 2 heterocycles. The second-order valence-corrected chi connectivity index (χ2v) is 7.93. The lowest BCUT2D eigenvalue weighted by molar-refractivity contribution is -0.274. The third kappa shape index (κ3) is 6.20. The maximum atomic E-state index is 12.5. The van der Waals surface area contributed by atoms with E-state index in [1.807, 2.05) is 5.38 Å². The number of likely N-dealkylation sites (N-methyl/N-ethyl adjacent to an activating group) is 1. The van der Waals surface area contributed by atoms with Gasteiger partial charge in [-0.15, -0.1) is 24.5 Å². The van der Waals surface area contributed by atoms with Gasteiger partial charge in [0.2, 0.25) is 5.91 Å². The molecule has 0 spiro atoms. The Balaban J connectivity index is 1.44. The first-order valence-corrected chi connectivity index (χ1v) is 10.2. The topological polar surface area (TPSA) is 53.1 Å². The van der Waals surface area contributed by atoms with Gasteiger partial charge in [0.05, 0.1) is 11.4 Å². The van der Waals surface area contributed by atoms with Crippen LogP contribution in [0.1, 0.15) is 15.2 Å². The van der Waals surface area contributed by atoms with Crippen molar-refractivity contribution in [3.63, 3.8) is 0 Å². The van der Waals surface area contributed by atoms with Crippen LogP contribution in [-0.4, -0.2) is 72.6 Å². The lowest BCUT2D eigenvalue weighted by Crippen LogP contribution is -2.51. The van der Waals surface area contributed by atoms with Crippen molar-refractivity contribution in [3.8, 4) is 5.75 Å². The fraction of sp³-hybridized carbons (Fsp3) is 0.400. The van der Waals surface area contributed by atoms with E-state index in [-0.39, 0.29) is 24.1 Å². The van der Waals surface area contributed by atoms with E-state index in [0.29, 0.717) is 37.6 Å². The van der Waals surface area contributed by atoms with Gasteiger partial charge < -0.3 is 14.5 Å². The average molecular weight is 441 g/mol. The first-order valence-electron chi connectivity index (χ1n) is 9.35. The molecule has 10 heteroatoms. The van der Waals surface area contributed by atoms with E-state index < -0.39 is 6.36 Å². The molecule has 0 aliphatic carbocycles. The average Bonchev–Trinajstić information content (AvgIpc) is 3.23. The van der Waals surface area contributed by atoms with Crippen molar-refractivity contribution < 1.29 is 27.5 Å². The van der Waals surface area contributed by atoms with E-state index in [0.717, 1.165) is 5.56 Å². The normalized spacial score (nSPS) is 15.1. The number of carbonyl (C=O) groups is 2. The summed E-state index contributed by atoms with van der Waals surface area (Å²) in [6.07, 6.45) is -4.70. The minimum atomic E-state index is -4.70. The number of thiophene rings is 1. The highest BCUT2D eigenvalue weighted by Gasteiger charge is 2.31. The summed E-state index contributed by atoms with van der Waals surface area (Å²) in [6, 6.07) is 9.32. The van der Waals surface area contributed by atoms with Crippen LogP contribution in [0.4, 0.5) is 13.2 Å². The molecule has 1 saturated heterocycles. The number of nitrogens with zero attached hydrogens (tertiary/aromatic N) is 3. The SMILES string of the molecule is CN(CC(=O)N1CCN(Cc2ccc(OC(F)(F)F)cc2)CC1)C(=O)c1cccs1. The van der Waals surface area contributed by atoms with Gasteiger partial charge in [0.15, 0.2) is 0 Å². The Morgan fingerprint density at radius 2 is 1.77 bits per heavy atom. The number of amides is 2. The van der Waals surface area contributed by atoms with Gasteiger partial charge >= 0.3 is 6.36 Å². The molecule has 1 aliphatic heterocycles. The zero-order chi connectivity index (χ0) is 21.7. The van der Waals surface area contributed by atoms with Crippen LogP contribution in [0.5, 0.6) is 5.75 Å². The van der Waals surface area contributed by atoms with Crippen LogP contribution in [-0.2, 0) is 11.3 Å². The molecular weight excluding hydrogens is 419 g/mol. The largest absolute Gasteiger partial charge is 0.573 e. The monoisotopic (exact) mass is 441 g/mol. The summed E-state index contributed by atoms with van der Waals surface area (Å²) < 4.78 is 40.6. The van der Waals surface area contributed by atoms with Gasteiger partial charge in [0.25, 0.3) is 5.91 Å². The highest BCUT2D eigenvalue weighted by Crippen LogP contribution is 2.23. The van der Waals surface area contributed by atoms with Gasteiger partial charge in [-0.25, -0.2) is 0 Å². The summed E-state index contributed by atoms with van der Waals surface area (Å²) in [5, 5.41) is 1.82. The molecule has 2 aromatic rings. The third-order valence-corrected chi connectivity index (χ3v) is 5.60. The van der Waals surface area contributed by atoms with Crippen LogP contribution in [0.15, 0.2) is 41.8 Å². The number of hydrogen-bond acceptors (Lipinski definition) is 5. The van der Waals surface area contributed by atoms with Crippen LogP contribution in [0.25, 0.3) is 0 Å². The second-order valence-electron chi connectivity index (χ2n) is 6.99. The van der Waals surface area contributed by atoms with Crippen molar-refractivity contribution in [3.05, 3.63) is 52.2 Å². The predicted octanol–water partition coefficient (Wildman–Crippen LogP) is 3.06. The zero-order valence-corrected chi connectivity index (χ0v) is 17.2. The molecule has 0 atom stereocenters. The van der Waals surface area contributed by atoms with Crippen molar-refractivity contribution in [2.24, 2.45) is 0 Å². The van der Waals surface area contributed by atoms with E-state index in [9.17, 15) is 22.8 Å². The number of carbonyl (C=O) groups excluding carboxylic acids is 2. The highest BCUT2D eigenvalue weighted by molar-refractivity contribution is 7.12. The molecule has 30 heavy (non-hydrogen) atoms. The molecular formula is C20H22F3N3O3S. The fourth-order valence-electron chi connectivity index (χ4n) is 3.17. The van der Waals surface area contributed by atoms with E-state index >= 15 is 0 Å². The molecule has 0 radical (unpaired) electrons. The van der Waals surface area contributed by atoms with Crippen molar-refractivity contribution in [1.29, 1.82) is 0 Å². The molecule has 0 unspecified atom stereocenters. The third-order valence-electron chi connectivity index (χ3n) is 4.74. The molecule has 0 bridgehead atoms. The highest BCUT2D eigenvalue weighted by atomic mass is 32.1.